The van der Waals surface area contributed by atoms with Crippen LogP contribution in [0.2, 0.25) is 0 Å². The van der Waals surface area contributed by atoms with Gasteiger partial charge in [-0.15, -0.1) is 0 Å². The van der Waals surface area contributed by atoms with Gasteiger partial charge in [-0.05, 0) is 56.0 Å². The third kappa shape index (κ3) is 4.74. The standard InChI is InChI=1S/C24H30N4O4/c1-4-5-6-12-27-20-15-21(28(31)32)19(14-18(20)24(2,3)23(27)30)26-22(29)11-10-16-8-7-9-17(25)13-16/h7-9,13-15H,4-6,10-12,25H2,1-3H3,(H,26,29). The van der Waals surface area contributed by atoms with E-state index in [4.69, 9.17) is 5.73 Å². The number of nitro benzene ring substituents is 1. The summed E-state index contributed by atoms with van der Waals surface area (Å²) in [6.07, 6.45) is 3.43. The van der Waals surface area contributed by atoms with Crippen LogP contribution in [0.5, 0.6) is 0 Å². The molecule has 3 N–H and O–H groups in total. The number of hydrogen-bond acceptors (Lipinski definition) is 5. The number of anilines is 3. The molecular weight excluding hydrogens is 408 g/mol. The van der Waals surface area contributed by atoms with Gasteiger partial charge in [0.2, 0.25) is 11.8 Å². The predicted octanol–water partition coefficient (Wildman–Crippen LogP) is 4.56. The van der Waals surface area contributed by atoms with Gasteiger partial charge in [0, 0.05) is 24.7 Å². The summed E-state index contributed by atoms with van der Waals surface area (Å²) >= 11 is 0. The zero-order valence-corrected chi connectivity index (χ0v) is 18.8. The molecule has 0 radical (unpaired) electrons. The third-order valence-electron chi connectivity index (χ3n) is 5.91. The first kappa shape index (κ1) is 23.2. The average molecular weight is 439 g/mol. The number of rotatable bonds is 9. The topological polar surface area (TPSA) is 119 Å². The number of nitrogen functional groups attached to an aromatic ring is 1. The lowest BCUT2D eigenvalue weighted by atomic mass is 9.85. The van der Waals surface area contributed by atoms with E-state index in [1.165, 1.54) is 6.07 Å². The van der Waals surface area contributed by atoms with Crippen molar-refractivity contribution in [1.29, 1.82) is 0 Å². The second-order valence-electron chi connectivity index (χ2n) is 8.73. The highest BCUT2D eigenvalue weighted by Gasteiger charge is 2.45. The fourth-order valence-corrected chi connectivity index (χ4v) is 4.08. The molecule has 1 aliphatic rings. The van der Waals surface area contributed by atoms with Gasteiger partial charge in [0.1, 0.15) is 5.69 Å². The summed E-state index contributed by atoms with van der Waals surface area (Å²) in [4.78, 5) is 38.5. The van der Waals surface area contributed by atoms with E-state index in [1.807, 2.05) is 26.0 Å². The summed E-state index contributed by atoms with van der Waals surface area (Å²) in [7, 11) is 0. The van der Waals surface area contributed by atoms with Gasteiger partial charge in [0.15, 0.2) is 0 Å². The second kappa shape index (κ2) is 9.38. The minimum Gasteiger partial charge on any atom is -0.399 e. The lowest BCUT2D eigenvalue weighted by molar-refractivity contribution is -0.383. The Bertz CT molecular complexity index is 1050. The van der Waals surface area contributed by atoms with Crippen molar-refractivity contribution in [2.75, 3.05) is 22.5 Å². The van der Waals surface area contributed by atoms with Crippen molar-refractivity contribution in [1.82, 2.24) is 0 Å². The van der Waals surface area contributed by atoms with Crippen LogP contribution in [0.1, 0.15) is 57.6 Å². The van der Waals surface area contributed by atoms with E-state index in [-0.39, 0.29) is 29.6 Å². The minimum atomic E-state index is -0.822. The first-order valence-corrected chi connectivity index (χ1v) is 10.9. The average Bonchev–Trinajstić information content (AvgIpc) is 2.92. The fourth-order valence-electron chi connectivity index (χ4n) is 4.08. The Morgan fingerprint density at radius 2 is 1.97 bits per heavy atom. The third-order valence-corrected chi connectivity index (χ3v) is 5.91. The Kier molecular flexibility index (Phi) is 6.81. The van der Waals surface area contributed by atoms with Gasteiger partial charge in [-0.25, -0.2) is 0 Å². The Morgan fingerprint density at radius 1 is 1.22 bits per heavy atom. The summed E-state index contributed by atoms with van der Waals surface area (Å²) in [6.45, 7) is 6.22. The van der Waals surface area contributed by atoms with Crippen LogP contribution < -0.4 is 16.0 Å². The van der Waals surface area contributed by atoms with Crippen LogP contribution in [0, 0.1) is 10.1 Å². The van der Waals surface area contributed by atoms with Crippen LogP contribution in [0.3, 0.4) is 0 Å². The molecule has 0 unspecified atom stereocenters. The van der Waals surface area contributed by atoms with Gasteiger partial charge in [0.25, 0.3) is 5.69 Å². The smallest absolute Gasteiger partial charge is 0.294 e. The molecule has 0 atom stereocenters. The number of carbonyl (C=O) groups excluding carboxylic acids is 2. The lowest BCUT2D eigenvalue weighted by Crippen LogP contribution is -2.36. The Labute approximate surface area is 187 Å². The first-order valence-electron chi connectivity index (χ1n) is 10.9. The highest BCUT2D eigenvalue weighted by atomic mass is 16.6. The number of nitrogens with two attached hydrogens (primary N) is 1. The summed E-state index contributed by atoms with van der Waals surface area (Å²) in [5, 5.41) is 14.5. The molecule has 32 heavy (non-hydrogen) atoms. The SMILES string of the molecule is CCCCCN1C(=O)C(C)(C)c2cc(NC(=O)CCc3cccc(N)c3)c([N+](=O)[O-])cc21. The fraction of sp³-hybridized carbons (Fsp3) is 0.417. The number of hydrogen-bond donors (Lipinski definition) is 2. The second-order valence-corrected chi connectivity index (χ2v) is 8.73. The molecule has 1 aliphatic heterocycles. The molecule has 0 aromatic heterocycles. The molecule has 8 nitrogen and oxygen atoms in total. The van der Waals surface area contributed by atoms with Crippen LogP contribution >= 0.6 is 0 Å². The van der Waals surface area contributed by atoms with E-state index in [9.17, 15) is 19.7 Å². The van der Waals surface area contributed by atoms with Crippen LogP contribution in [0.15, 0.2) is 36.4 Å². The molecular formula is C24H30N4O4. The van der Waals surface area contributed by atoms with Crippen LogP contribution in [0.25, 0.3) is 0 Å². The zero-order valence-electron chi connectivity index (χ0n) is 18.8. The summed E-state index contributed by atoms with van der Waals surface area (Å²) in [5.74, 6) is -0.416. The molecule has 1 heterocycles. The van der Waals surface area contributed by atoms with Crippen molar-refractivity contribution < 1.29 is 14.5 Å². The van der Waals surface area contributed by atoms with Crippen LogP contribution in [0.4, 0.5) is 22.7 Å². The number of carbonyl (C=O) groups is 2. The molecule has 0 saturated heterocycles. The molecule has 0 fully saturated rings. The highest BCUT2D eigenvalue weighted by molar-refractivity contribution is 6.09. The van der Waals surface area contributed by atoms with Crippen molar-refractivity contribution in [2.24, 2.45) is 0 Å². The molecule has 0 bridgehead atoms. The van der Waals surface area contributed by atoms with Gasteiger partial charge in [-0.2, -0.15) is 0 Å². The molecule has 0 saturated carbocycles. The van der Waals surface area contributed by atoms with Gasteiger partial charge >= 0.3 is 0 Å². The number of nitrogens with zero attached hydrogens (tertiary/aromatic N) is 2. The van der Waals surface area contributed by atoms with E-state index in [0.717, 1.165) is 24.8 Å². The van der Waals surface area contributed by atoms with Crippen molar-refractivity contribution in [3.8, 4) is 0 Å². The van der Waals surface area contributed by atoms with E-state index in [2.05, 4.69) is 12.2 Å². The number of unbranched alkanes of at least 4 members (excludes halogenated alkanes) is 2. The number of aryl methyl sites for hydroxylation is 1. The van der Waals surface area contributed by atoms with Crippen molar-refractivity contribution >= 4 is 34.6 Å². The molecule has 170 valence electrons. The van der Waals surface area contributed by atoms with Crippen LogP contribution in [-0.2, 0) is 21.4 Å². The monoisotopic (exact) mass is 438 g/mol. The van der Waals surface area contributed by atoms with Gasteiger partial charge in [-0.1, -0.05) is 31.9 Å². The lowest BCUT2D eigenvalue weighted by Gasteiger charge is -2.20. The number of fused-ring (bicyclic) bond motifs is 1. The molecule has 0 spiro atoms. The number of nitrogens with one attached hydrogen (secondary N) is 1. The summed E-state index contributed by atoms with van der Waals surface area (Å²) in [6, 6.07) is 10.3. The largest absolute Gasteiger partial charge is 0.399 e. The maximum absolute atomic E-state index is 13.0. The molecule has 3 rings (SSSR count). The van der Waals surface area contributed by atoms with Crippen molar-refractivity contribution in [2.45, 2.75) is 58.3 Å². The Balaban J connectivity index is 1.85. The number of nitro groups is 1. The first-order chi connectivity index (χ1) is 15.1. The normalized spacial score (nSPS) is 14.3. The molecule has 8 heteroatoms. The maximum Gasteiger partial charge on any atom is 0.294 e. The number of benzene rings is 2. The van der Waals surface area contributed by atoms with Gasteiger partial charge in [-0.3, -0.25) is 19.7 Å². The molecule has 2 aromatic rings. The van der Waals surface area contributed by atoms with Crippen molar-refractivity contribution in [3.05, 3.63) is 57.6 Å². The molecule has 2 amide bonds. The molecule has 2 aromatic carbocycles. The number of amides is 2. The molecule has 0 aliphatic carbocycles. The summed E-state index contributed by atoms with van der Waals surface area (Å²) in [5.41, 5.74) is 7.63. The van der Waals surface area contributed by atoms with Gasteiger partial charge in [0.05, 0.1) is 16.0 Å². The van der Waals surface area contributed by atoms with E-state index in [0.29, 0.717) is 29.9 Å². The van der Waals surface area contributed by atoms with E-state index >= 15 is 0 Å². The minimum absolute atomic E-state index is 0.0805. The maximum atomic E-state index is 13.0. The quantitative estimate of drug-likeness (QED) is 0.257. The Morgan fingerprint density at radius 3 is 2.62 bits per heavy atom. The van der Waals surface area contributed by atoms with Crippen molar-refractivity contribution in [3.63, 3.8) is 0 Å². The van der Waals surface area contributed by atoms with Crippen LogP contribution in [-0.4, -0.2) is 23.3 Å². The predicted molar refractivity (Wildman–Crippen MR) is 126 cm³/mol. The van der Waals surface area contributed by atoms with E-state index < -0.39 is 10.3 Å². The van der Waals surface area contributed by atoms with E-state index in [1.54, 1.807) is 23.1 Å². The highest BCUT2D eigenvalue weighted by Crippen LogP contribution is 2.46. The summed E-state index contributed by atoms with van der Waals surface area (Å²) < 4.78 is 0. The van der Waals surface area contributed by atoms with Gasteiger partial charge < -0.3 is 16.0 Å². The Hall–Kier alpha value is -3.42. The zero-order chi connectivity index (χ0) is 23.5.